The summed E-state index contributed by atoms with van der Waals surface area (Å²) < 4.78 is 1.90. The first-order chi connectivity index (χ1) is 7.25. The Morgan fingerprint density at radius 2 is 2.13 bits per heavy atom. The number of phenolic OH excluding ortho intramolecular Hbond substituents is 1. The van der Waals surface area contributed by atoms with Crippen molar-refractivity contribution >= 4 is 16.6 Å². The largest absolute Gasteiger partial charge is 0.508 e. The molecule has 2 aromatic heterocycles. The van der Waals surface area contributed by atoms with Gasteiger partial charge < -0.3 is 5.11 Å². The van der Waals surface area contributed by atoms with Crippen molar-refractivity contribution in [3.8, 4) is 5.75 Å². The second-order valence-corrected chi connectivity index (χ2v) is 3.54. The molecule has 0 spiro atoms. The number of hydrogen-bond donors (Lipinski definition) is 1. The van der Waals surface area contributed by atoms with Crippen LogP contribution < -0.4 is 0 Å². The third kappa shape index (κ3) is 1.08. The Morgan fingerprint density at radius 3 is 3.00 bits per heavy atom. The highest BCUT2D eigenvalue weighted by Crippen LogP contribution is 2.22. The minimum absolute atomic E-state index is 0.234. The first-order valence-electron chi connectivity index (χ1n) is 4.67. The minimum atomic E-state index is 0.234. The molecule has 0 amide bonds. The standard InChI is InChI=1S/C11H9N3O/c1-7-5-12-11-9-4-8(15)2-3-10(9)13-6-14(7)11/h2-6,15H,1H3. The predicted octanol–water partition coefficient (Wildman–Crippen LogP) is 1.90. The van der Waals surface area contributed by atoms with Gasteiger partial charge in [-0.1, -0.05) is 0 Å². The van der Waals surface area contributed by atoms with Crippen molar-refractivity contribution in [1.82, 2.24) is 14.4 Å². The lowest BCUT2D eigenvalue weighted by atomic mass is 10.2. The maximum Gasteiger partial charge on any atom is 0.147 e. The van der Waals surface area contributed by atoms with Crippen LogP contribution in [0.4, 0.5) is 0 Å². The van der Waals surface area contributed by atoms with Crippen molar-refractivity contribution in [2.24, 2.45) is 0 Å². The molecule has 1 aromatic carbocycles. The molecule has 0 aliphatic carbocycles. The summed E-state index contributed by atoms with van der Waals surface area (Å²) in [6.45, 7) is 1.97. The molecule has 3 rings (SSSR count). The normalized spacial score (nSPS) is 11.3. The molecule has 0 saturated heterocycles. The van der Waals surface area contributed by atoms with Crippen LogP contribution in [0.15, 0.2) is 30.7 Å². The molecule has 0 fully saturated rings. The molecule has 74 valence electrons. The fraction of sp³-hybridized carbons (Fsp3) is 0.0909. The van der Waals surface area contributed by atoms with E-state index in [1.54, 1.807) is 30.7 Å². The summed E-state index contributed by atoms with van der Waals surface area (Å²) in [6.07, 6.45) is 3.54. The van der Waals surface area contributed by atoms with Crippen LogP contribution >= 0.6 is 0 Å². The summed E-state index contributed by atoms with van der Waals surface area (Å²) in [4.78, 5) is 8.59. The van der Waals surface area contributed by atoms with E-state index in [2.05, 4.69) is 9.97 Å². The van der Waals surface area contributed by atoms with Gasteiger partial charge in [-0.3, -0.25) is 4.40 Å². The van der Waals surface area contributed by atoms with Crippen molar-refractivity contribution < 1.29 is 5.11 Å². The van der Waals surface area contributed by atoms with Crippen molar-refractivity contribution in [3.63, 3.8) is 0 Å². The van der Waals surface area contributed by atoms with Crippen LogP contribution in [-0.2, 0) is 0 Å². The second kappa shape index (κ2) is 2.70. The number of aryl methyl sites for hydroxylation is 1. The van der Waals surface area contributed by atoms with E-state index in [1.165, 1.54) is 0 Å². The van der Waals surface area contributed by atoms with Crippen molar-refractivity contribution in [2.75, 3.05) is 0 Å². The molecule has 3 aromatic rings. The molecule has 0 bridgehead atoms. The van der Waals surface area contributed by atoms with Gasteiger partial charge in [-0.15, -0.1) is 0 Å². The zero-order valence-corrected chi connectivity index (χ0v) is 8.18. The zero-order valence-electron chi connectivity index (χ0n) is 8.18. The van der Waals surface area contributed by atoms with Gasteiger partial charge in [-0.2, -0.15) is 0 Å². The highest BCUT2D eigenvalue weighted by Gasteiger charge is 2.05. The lowest BCUT2D eigenvalue weighted by Gasteiger charge is -2.01. The van der Waals surface area contributed by atoms with E-state index in [0.29, 0.717) is 0 Å². The third-order valence-electron chi connectivity index (χ3n) is 2.52. The number of nitrogens with zero attached hydrogens (tertiary/aromatic N) is 3. The van der Waals surface area contributed by atoms with Gasteiger partial charge in [0.1, 0.15) is 17.7 Å². The molecule has 0 radical (unpaired) electrons. The molecule has 0 aliphatic rings. The highest BCUT2D eigenvalue weighted by atomic mass is 16.3. The molecule has 4 nitrogen and oxygen atoms in total. The third-order valence-corrected chi connectivity index (χ3v) is 2.52. The lowest BCUT2D eigenvalue weighted by Crippen LogP contribution is -1.90. The predicted molar refractivity (Wildman–Crippen MR) is 56.9 cm³/mol. The van der Waals surface area contributed by atoms with Gasteiger partial charge in [0, 0.05) is 17.3 Å². The van der Waals surface area contributed by atoms with E-state index in [0.717, 1.165) is 22.2 Å². The van der Waals surface area contributed by atoms with E-state index in [-0.39, 0.29) is 5.75 Å². The summed E-state index contributed by atoms with van der Waals surface area (Å²) >= 11 is 0. The van der Waals surface area contributed by atoms with Gasteiger partial charge in [-0.25, -0.2) is 9.97 Å². The summed E-state index contributed by atoms with van der Waals surface area (Å²) in [7, 11) is 0. The van der Waals surface area contributed by atoms with Gasteiger partial charge in [0.2, 0.25) is 0 Å². The van der Waals surface area contributed by atoms with Crippen LogP contribution in [0.2, 0.25) is 0 Å². The molecule has 0 unspecified atom stereocenters. The van der Waals surface area contributed by atoms with Crippen molar-refractivity contribution in [1.29, 1.82) is 0 Å². The Balaban J connectivity index is 2.57. The van der Waals surface area contributed by atoms with Gasteiger partial charge in [0.25, 0.3) is 0 Å². The number of aromatic nitrogens is 3. The van der Waals surface area contributed by atoms with E-state index in [9.17, 15) is 5.11 Å². The van der Waals surface area contributed by atoms with Crippen LogP contribution in [0.3, 0.4) is 0 Å². The zero-order chi connectivity index (χ0) is 10.4. The first-order valence-corrected chi connectivity index (χ1v) is 4.67. The van der Waals surface area contributed by atoms with E-state index < -0.39 is 0 Å². The van der Waals surface area contributed by atoms with E-state index in [1.807, 2.05) is 11.3 Å². The summed E-state index contributed by atoms with van der Waals surface area (Å²) in [5.41, 5.74) is 2.70. The minimum Gasteiger partial charge on any atom is -0.508 e. The summed E-state index contributed by atoms with van der Waals surface area (Å²) in [5, 5.41) is 10.3. The number of imidazole rings is 1. The van der Waals surface area contributed by atoms with Gasteiger partial charge in [-0.05, 0) is 25.1 Å². The number of aromatic hydroxyl groups is 1. The molecule has 4 heteroatoms. The lowest BCUT2D eigenvalue weighted by molar-refractivity contribution is 0.476. The summed E-state index contributed by atoms with van der Waals surface area (Å²) in [6, 6.07) is 5.10. The second-order valence-electron chi connectivity index (χ2n) is 3.54. The Morgan fingerprint density at radius 1 is 1.27 bits per heavy atom. The fourth-order valence-corrected chi connectivity index (χ4v) is 1.73. The first kappa shape index (κ1) is 8.23. The highest BCUT2D eigenvalue weighted by molar-refractivity contribution is 5.92. The smallest absolute Gasteiger partial charge is 0.147 e. The molecule has 1 N–H and O–H groups in total. The average molecular weight is 199 g/mol. The average Bonchev–Trinajstić information content (AvgIpc) is 2.61. The Hall–Kier alpha value is -2.10. The molecule has 0 atom stereocenters. The number of hydrogen-bond acceptors (Lipinski definition) is 3. The molecule has 2 heterocycles. The van der Waals surface area contributed by atoms with E-state index in [4.69, 9.17) is 0 Å². The quantitative estimate of drug-likeness (QED) is 0.601. The fourth-order valence-electron chi connectivity index (χ4n) is 1.73. The van der Waals surface area contributed by atoms with Crippen molar-refractivity contribution in [3.05, 3.63) is 36.4 Å². The Kier molecular flexibility index (Phi) is 1.48. The maximum absolute atomic E-state index is 9.43. The number of phenols is 1. The van der Waals surface area contributed by atoms with Gasteiger partial charge in [0.05, 0.1) is 5.52 Å². The Bertz CT molecular complexity index is 657. The van der Waals surface area contributed by atoms with Crippen molar-refractivity contribution in [2.45, 2.75) is 6.92 Å². The van der Waals surface area contributed by atoms with Gasteiger partial charge in [0.15, 0.2) is 0 Å². The van der Waals surface area contributed by atoms with Gasteiger partial charge >= 0.3 is 0 Å². The van der Waals surface area contributed by atoms with Crippen LogP contribution in [-0.4, -0.2) is 19.5 Å². The van der Waals surface area contributed by atoms with Crippen LogP contribution in [0.5, 0.6) is 5.75 Å². The molecule has 15 heavy (non-hydrogen) atoms. The monoisotopic (exact) mass is 199 g/mol. The molecular weight excluding hydrogens is 190 g/mol. The molecule has 0 saturated carbocycles. The van der Waals surface area contributed by atoms with Crippen LogP contribution in [0.1, 0.15) is 5.69 Å². The van der Waals surface area contributed by atoms with Crippen LogP contribution in [0, 0.1) is 6.92 Å². The summed E-state index contributed by atoms with van der Waals surface area (Å²) in [5.74, 6) is 0.234. The Labute approximate surface area is 85.8 Å². The number of fused-ring (bicyclic) bond motifs is 3. The SMILES string of the molecule is Cc1cnc2c3cc(O)ccc3ncn12. The number of rotatable bonds is 0. The molecule has 0 aliphatic heterocycles. The topological polar surface area (TPSA) is 50.4 Å². The molecular formula is C11H9N3O. The van der Waals surface area contributed by atoms with Crippen LogP contribution in [0.25, 0.3) is 16.6 Å². The van der Waals surface area contributed by atoms with E-state index >= 15 is 0 Å². The number of benzene rings is 1. The maximum atomic E-state index is 9.43.